The molecular weight excluding hydrogens is 197 g/mol. The van der Waals surface area contributed by atoms with Crippen molar-refractivity contribution in [1.29, 1.82) is 0 Å². The van der Waals surface area contributed by atoms with Gasteiger partial charge in [0, 0.05) is 19.6 Å². The minimum absolute atomic E-state index is 0.111. The molecule has 0 aromatic carbocycles. The number of hydrogen-bond donors (Lipinski definition) is 1. The Morgan fingerprint density at radius 3 is 2.43 bits per heavy atom. The van der Waals surface area contributed by atoms with E-state index in [0.717, 1.165) is 13.1 Å². The van der Waals surface area contributed by atoms with E-state index in [2.05, 4.69) is 10.1 Å². The molecule has 0 atom stereocenters. The Kier molecular flexibility index (Phi) is 6.86. The van der Waals surface area contributed by atoms with E-state index >= 15 is 0 Å². The monoisotopic (exact) mass is 214 g/mol. The summed E-state index contributed by atoms with van der Waals surface area (Å²) in [6.45, 7) is 1.08. The highest BCUT2D eigenvalue weighted by Gasteiger charge is 2.27. The summed E-state index contributed by atoms with van der Waals surface area (Å²) in [5.74, 6) is 0. The lowest BCUT2D eigenvalue weighted by Gasteiger charge is -2.16. The van der Waals surface area contributed by atoms with E-state index in [0.29, 0.717) is 6.54 Å². The average molecular weight is 214 g/mol. The maximum Gasteiger partial charge on any atom is 0.411 e. The van der Waals surface area contributed by atoms with Gasteiger partial charge in [-0.3, -0.25) is 0 Å². The second kappa shape index (κ2) is 7.03. The van der Waals surface area contributed by atoms with Crippen LogP contribution in [0.1, 0.15) is 0 Å². The normalized spacial score (nSPS) is 12.4. The van der Waals surface area contributed by atoms with Crippen LogP contribution in [0.5, 0.6) is 0 Å². The van der Waals surface area contributed by atoms with Gasteiger partial charge >= 0.3 is 6.18 Å². The highest BCUT2D eigenvalue weighted by Crippen LogP contribution is 2.13. The van der Waals surface area contributed by atoms with Gasteiger partial charge in [-0.1, -0.05) is 0 Å². The lowest BCUT2D eigenvalue weighted by atomic mass is 10.5. The zero-order chi connectivity index (χ0) is 11.0. The lowest BCUT2D eigenvalue weighted by molar-refractivity contribution is -0.174. The van der Waals surface area contributed by atoms with Gasteiger partial charge in [0.1, 0.15) is 6.61 Å². The van der Waals surface area contributed by atoms with E-state index in [1.807, 2.05) is 19.0 Å². The number of alkyl halides is 3. The van der Waals surface area contributed by atoms with Crippen LogP contribution >= 0.6 is 0 Å². The number of likely N-dealkylation sites (N-methyl/N-ethyl adjacent to an activating group) is 2. The number of halogens is 3. The fourth-order valence-corrected chi connectivity index (χ4v) is 0.823. The van der Waals surface area contributed by atoms with Gasteiger partial charge in [-0.25, -0.2) is 0 Å². The van der Waals surface area contributed by atoms with E-state index < -0.39 is 12.8 Å². The number of nitrogens with zero attached hydrogens (tertiary/aromatic N) is 1. The minimum Gasteiger partial charge on any atom is -0.371 e. The molecule has 86 valence electrons. The van der Waals surface area contributed by atoms with E-state index in [9.17, 15) is 13.2 Å². The van der Waals surface area contributed by atoms with Crippen molar-refractivity contribution in [3.05, 3.63) is 0 Å². The van der Waals surface area contributed by atoms with Gasteiger partial charge in [0.05, 0.1) is 6.61 Å². The van der Waals surface area contributed by atoms with Gasteiger partial charge in [0.25, 0.3) is 0 Å². The fourth-order valence-electron chi connectivity index (χ4n) is 0.823. The zero-order valence-electron chi connectivity index (χ0n) is 8.52. The molecule has 0 aromatic heterocycles. The summed E-state index contributed by atoms with van der Waals surface area (Å²) >= 11 is 0. The Hall–Kier alpha value is -0.330. The predicted molar refractivity (Wildman–Crippen MR) is 48.3 cm³/mol. The molecule has 0 aromatic rings. The summed E-state index contributed by atoms with van der Waals surface area (Å²) in [5.41, 5.74) is 0. The van der Waals surface area contributed by atoms with Gasteiger partial charge in [-0.2, -0.15) is 13.2 Å². The van der Waals surface area contributed by atoms with Crippen molar-refractivity contribution in [2.24, 2.45) is 0 Å². The van der Waals surface area contributed by atoms with Crippen LogP contribution in [-0.4, -0.2) is 58.0 Å². The summed E-state index contributed by atoms with van der Waals surface area (Å²) in [6, 6.07) is 0. The first-order valence-electron chi connectivity index (χ1n) is 4.43. The average Bonchev–Trinajstić information content (AvgIpc) is 2.07. The van der Waals surface area contributed by atoms with Crippen molar-refractivity contribution in [3.63, 3.8) is 0 Å². The molecule has 0 heterocycles. The standard InChI is InChI=1S/C8H17F3N2O/c1-12-3-4-13(2)5-6-14-7-8(9,10)11/h12H,3-7H2,1-2H3. The Balaban J connectivity index is 3.27. The molecule has 0 saturated heterocycles. The quantitative estimate of drug-likeness (QED) is 0.632. The molecule has 0 aliphatic rings. The maximum atomic E-state index is 11.6. The second-order valence-corrected chi connectivity index (χ2v) is 3.07. The molecule has 0 rings (SSSR count). The number of nitrogens with one attached hydrogen (secondary N) is 1. The zero-order valence-corrected chi connectivity index (χ0v) is 8.52. The molecule has 0 bridgehead atoms. The summed E-state index contributed by atoms with van der Waals surface area (Å²) in [6.07, 6.45) is -4.22. The van der Waals surface area contributed by atoms with Gasteiger partial charge in [-0.15, -0.1) is 0 Å². The molecule has 0 aliphatic carbocycles. The van der Waals surface area contributed by atoms with Gasteiger partial charge < -0.3 is 15.0 Å². The Morgan fingerprint density at radius 1 is 1.29 bits per heavy atom. The molecule has 0 unspecified atom stereocenters. The van der Waals surface area contributed by atoms with Crippen molar-refractivity contribution < 1.29 is 17.9 Å². The highest BCUT2D eigenvalue weighted by molar-refractivity contribution is 4.53. The lowest BCUT2D eigenvalue weighted by Crippen LogP contribution is -2.31. The SMILES string of the molecule is CNCCN(C)CCOCC(F)(F)F. The molecule has 0 aliphatic heterocycles. The van der Waals surface area contributed by atoms with Crippen molar-refractivity contribution >= 4 is 0 Å². The van der Waals surface area contributed by atoms with Crippen molar-refractivity contribution in [2.45, 2.75) is 6.18 Å². The number of ether oxygens (including phenoxy) is 1. The van der Waals surface area contributed by atoms with E-state index in [-0.39, 0.29) is 6.61 Å². The minimum atomic E-state index is -4.22. The molecule has 0 amide bonds. The summed E-state index contributed by atoms with van der Waals surface area (Å²) in [4.78, 5) is 1.91. The first-order valence-corrected chi connectivity index (χ1v) is 4.43. The topological polar surface area (TPSA) is 24.5 Å². The second-order valence-electron chi connectivity index (χ2n) is 3.07. The third kappa shape index (κ3) is 9.76. The Labute approximate surface area is 82.2 Å². The summed E-state index contributed by atoms with van der Waals surface area (Å²) < 4.78 is 39.4. The first kappa shape index (κ1) is 13.7. The molecule has 0 radical (unpaired) electrons. The molecule has 0 fully saturated rings. The van der Waals surface area contributed by atoms with Crippen LogP contribution in [0.3, 0.4) is 0 Å². The molecule has 6 heteroatoms. The van der Waals surface area contributed by atoms with Crippen LogP contribution in [0, 0.1) is 0 Å². The van der Waals surface area contributed by atoms with Crippen molar-refractivity contribution in [2.75, 3.05) is 46.9 Å². The van der Waals surface area contributed by atoms with Crippen molar-refractivity contribution in [3.8, 4) is 0 Å². The van der Waals surface area contributed by atoms with Crippen LogP contribution < -0.4 is 5.32 Å². The van der Waals surface area contributed by atoms with E-state index in [1.165, 1.54) is 0 Å². The highest BCUT2D eigenvalue weighted by atomic mass is 19.4. The van der Waals surface area contributed by atoms with Gasteiger partial charge in [-0.05, 0) is 14.1 Å². The van der Waals surface area contributed by atoms with Crippen LogP contribution in [0.4, 0.5) is 13.2 Å². The first-order chi connectivity index (χ1) is 6.45. The maximum absolute atomic E-state index is 11.6. The molecule has 14 heavy (non-hydrogen) atoms. The Bertz CT molecular complexity index is 141. The third-order valence-corrected chi connectivity index (χ3v) is 1.63. The molecular formula is C8H17F3N2O. The summed E-state index contributed by atoms with van der Waals surface area (Å²) in [5, 5.41) is 2.95. The molecule has 1 N–H and O–H groups in total. The van der Waals surface area contributed by atoms with Gasteiger partial charge in [0.2, 0.25) is 0 Å². The number of rotatable bonds is 7. The third-order valence-electron chi connectivity index (χ3n) is 1.63. The van der Waals surface area contributed by atoms with Crippen LogP contribution in [0.25, 0.3) is 0 Å². The largest absolute Gasteiger partial charge is 0.411 e. The molecule has 0 saturated carbocycles. The van der Waals surface area contributed by atoms with E-state index in [4.69, 9.17) is 0 Å². The van der Waals surface area contributed by atoms with Crippen LogP contribution in [0.15, 0.2) is 0 Å². The molecule has 3 nitrogen and oxygen atoms in total. The smallest absolute Gasteiger partial charge is 0.371 e. The van der Waals surface area contributed by atoms with Gasteiger partial charge in [0.15, 0.2) is 0 Å². The molecule has 0 spiro atoms. The predicted octanol–water partition coefficient (Wildman–Crippen LogP) is 0.716. The number of hydrogen-bond acceptors (Lipinski definition) is 3. The van der Waals surface area contributed by atoms with Crippen LogP contribution in [0.2, 0.25) is 0 Å². The summed E-state index contributed by atoms with van der Waals surface area (Å²) in [7, 11) is 3.67. The van der Waals surface area contributed by atoms with Crippen molar-refractivity contribution in [1.82, 2.24) is 10.2 Å². The fraction of sp³-hybridized carbons (Fsp3) is 1.00. The Morgan fingerprint density at radius 2 is 1.93 bits per heavy atom. The van der Waals surface area contributed by atoms with E-state index in [1.54, 1.807) is 0 Å². The van der Waals surface area contributed by atoms with Crippen LogP contribution in [-0.2, 0) is 4.74 Å².